The number of methoxy groups -OCH3 is 1. The number of amides is 3. The number of likely N-dealkylation sites (tertiary alicyclic amines) is 1. The predicted octanol–water partition coefficient (Wildman–Crippen LogP) is 6.67. The maximum atomic E-state index is 14.3. The number of carbonyl (C=O) groups is 3. The number of hydrogen-bond donors (Lipinski definition) is 2. The van der Waals surface area contributed by atoms with Gasteiger partial charge in [0.05, 0.1) is 34.8 Å². The van der Waals surface area contributed by atoms with Crippen LogP contribution in [0.25, 0.3) is 33.4 Å². The van der Waals surface area contributed by atoms with E-state index < -0.39 is 17.5 Å². The van der Waals surface area contributed by atoms with Crippen LogP contribution in [-0.4, -0.2) is 87.3 Å². The predicted molar refractivity (Wildman–Crippen MR) is 212 cm³/mol. The van der Waals surface area contributed by atoms with Crippen LogP contribution in [0.4, 0.5) is 4.79 Å². The van der Waals surface area contributed by atoms with Crippen LogP contribution in [0.2, 0.25) is 0 Å². The number of hydrazine groups is 1. The fourth-order valence-electron chi connectivity index (χ4n) is 9.09. The van der Waals surface area contributed by atoms with Crippen molar-refractivity contribution in [2.24, 2.45) is 11.3 Å². The molecule has 0 spiro atoms. The first kappa shape index (κ1) is 37.6. The molecule has 0 radical (unpaired) electrons. The van der Waals surface area contributed by atoms with Crippen LogP contribution < -0.4 is 10.7 Å². The number of aromatic nitrogens is 3. The molecule has 8 rings (SSSR count). The molecular weight excluding hydrogens is 715 g/mol. The summed E-state index contributed by atoms with van der Waals surface area (Å²) < 4.78 is 14.2. The van der Waals surface area contributed by atoms with Crippen LogP contribution in [0, 0.1) is 11.3 Å². The summed E-state index contributed by atoms with van der Waals surface area (Å²) in [6, 6.07) is 9.08. The summed E-state index contributed by atoms with van der Waals surface area (Å²) in [5, 5.41) is 8.51. The molecule has 13 heteroatoms. The summed E-state index contributed by atoms with van der Waals surface area (Å²) in [6.45, 7) is 10.5. The number of urea groups is 1. The lowest BCUT2D eigenvalue weighted by Gasteiger charge is -2.51. The highest BCUT2D eigenvalue weighted by molar-refractivity contribution is 7.10. The molecule has 3 aromatic heterocycles. The number of esters is 1. The van der Waals surface area contributed by atoms with Gasteiger partial charge >= 0.3 is 12.0 Å². The van der Waals surface area contributed by atoms with E-state index in [0.29, 0.717) is 31.7 Å². The molecule has 2 saturated heterocycles. The fourth-order valence-corrected chi connectivity index (χ4v) is 9.94. The van der Waals surface area contributed by atoms with Crippen molar-refractivity contribution in [2.75, 3.05) is 26.8 Å². The lowest BCUT2D eigenvalue weighted by molar-refractivity contribution is -0.155. The van der Waals surface area contributed by atoms with Crippen molar-refractivity contribution >= 4 is 40.1 Å². The van der Waals surface area contributed by atoms with E-state index in [1.807, 2.05) is 29.5 Å². The zero-order valence-corrected chi connectivity index (χ0v) is 33.4. The molecule has 1 saturated carbocycles. The van der Waals surface area contributed by atoms with Gasteiger partial charge in [-0.05, 0) is 81.7 Å². The number of thiazole rings is 1. The maximum absolute atomic E-state index is 14.3. The van der Waals surface area contributed by atoms with Gasteiger partial charge in [0.2, 0.25) is 0 Å². The average Bonchev–Trinajstić information content (AvgIpc) is 3.77. The van der Waals surface area contributed by atoms with Crippen molar-refractivity contribution in [1.29, 1.82) is 0 Å². The average molecular weight is 768 g/mol. The van der Waals surface area contributed by atoms with E-state index in [0.717, 1.165) is 82.0 Å². The lowest BCUT2D eigenvalue weighted by atomic mass is 9.77. The Morgan fingerprint density at radius 1 is 1.16 bits per heavy atom. The number of aryl methyl sites for hydroxylation is 1. The van der Waals surface area contributed by atoms with Crippen molar-refractivity contribution in [2.45, 2.75) is 110 Å². The van der Waals surface area contributed by atoms with Crippen LogP contribution in [0.3, 0.4) is 0 Å². The third kappa shape index (κ3) is 7.26. The highest BCUT2D eigenvalue weighted by Crippen LogP contribution is 2.42. The number of pyridine rings is 1. The van der Waals surface area contributed by atoms with Crippen molar-refractivity contribution in [3.63, 3.8) is 0 Å². The maximum Gasteiger partial charge on any atom is 0.324 e. The number of benzene rings is 1. The normalized spacial score (nSPS) is 24.7. The summed E-state index contributed by atoms with van der Waals surface area (Å²) in [7, 11) is 1.70. The molecular formula is C42H53N7O5S. The van der Waals surface area contributed by atoms with E-state index in [4.69, 9.17) is 19.4 Å². The summed E-state index contributed by atoms with van der Waals surface area (Å²) in [5.74, 6) is -0.115. The molecule has 5 atom stereocenters. The van der Waals surface area contributed by atoms with Crippen molar-refractivity contribution in [3.05, 3.63) is 58.2 Å². The number of fused-ring (bicyclic) bond motifs is 7. The van der Waals surface area contributed by atoms with Gasteiger partial charge in [0.25, 0.3) is 5.91 Å². The summed E-state index contributed by atoms with van der Waals surface area (Å²) in [5.41, 5.74) is 9.73. The molecule has 4 aromatic rings. The Labute approximate surface area is 326 Å². The summed E-state index contributed by atoms with van der Waals surface area (Å²) in [4.78, 5) is 53.5. The number of carbonyl (C=O) groups excluding carboxylic acids is 3. The molecule has 3 aliphatic heterocycles. The molecule has 6 bridgehead atoms. The van der Waals surface area contributed by atoms with Crippen LogP contribution >= 0.6 is 11.3 Å². The Kier molecular flexibility index (Phi) is 10.5. The SMILES string of the molecule is CCn1c(-c2cccnc2[C@H](C)OC)c2c3cc(ccc31)-c1csc(n1)C[C@H](NC(=O)N1C[C@H]3CCCC[C@H]31)C(=O)N1CCC[C@H](N1)C(=O)OCC(C)(C)C2. The zero-order chi connectivity index (χ0) is 38.4. The van der Waals surface area contributed by atoms with Gasteiger partial charge in [-0.3, -0.25) is 19.6 Å². The second-order valence-electron chi connectivity index (χ2n) is 16.5. The van der Waals surface area contributed by atoms with Gasteiger partial charge in [-0.15, -0.1) is 11.3 Å². The molecule has 55 heavy (non-hydrogen) atoms. The highest BCUT2D eigenvalue weighted by Gasteiger charge is 2.44. The molecule has 2 N–H and O–H groups in total. The molecule has 292 valence electrons. The van der Waals surface area contributed by atoms with Gasteiger partial charge in [0.1, 0.15) is 12.1 Å². The molecule has 0 unspecified atom stereocenters. The van der Waals surface area contributed by atoms with Gasteiger partial charge in [0, 0.05) is 78.2 Å². The van der Waals surface area contributed by atoms with E-state index in [2.05, 4.69) is 60.3 Å². The Balaban J connectivity index is 1.21. The third-order valence-corrected chi connectivity index (χ3v) is 13.0. The second kappa shape index (κ2) is 15.3. The molecule has 12 nitrogen and oxygen atoms in total. The Hall–Kier alpha value is -4.33. The summed E-state index contributed by atoms with van der Waals surface area (Å²) in [6.07, 6.45) is 8.13. The largest absolute Gasteiger partial charge is 0.464 e. The van der Waals surface area contributed by atoms with E-state index >= 15 is 0 Å². The lowest BCUT2D eigenvalue weighted by Crippen LogP contribution is -2.65. The molecule has 3 fully saturated rings. The Bertz CT molecular complexity index is 2090. The molecule has 3 amide bonds. The first-order valence-electron chi connectivity index (χ1n) is 19.9. The number of ether oxygens (including phenoxy) is 2. The van der Waals surface area contributed by atoms with Crippen LogP contribution in [-0.2, 0) is 38.4 Å². The topological polar surface area (TPSA) is 131 Å². The minimum atomic E-state index is -0.854. The minimum Gasteiger partial charge on any atom is -0.464 e. The molecule has 1 aliphatic carbocycles. The van der Waals surface area contributed by atoms with E-state index in [1.165, 1.54) is 22.8 Å². The zero-order valence-electron chi connectivity index (χ0n) is 32.6. The number of nitrogens with zero attached hydrogens (tertiary/aromatic N) is 5. The number of cyclic esters (lactones) is 1. The molecule has 4 aliphatic rings. The second-order valence-corrected chi connectivity index (χ2v) is 17.4. The van der Waals surface area contributed by atoms with Gasteiger partial charge in [-0.1, -0.05) is 32.8 Å². The van der Waals surface area contributed by atoms with Crippen LogP contribution in [0.1, 0.15) is 88.6 Å². The molecule has 6 heterocycles. The first-order chi connectivity index (χ1) is 26.5. The number of hydrogen-bond acceptors (Lipinski definition) is 9. The van der Waals surface area contributed by atoms with Crippen molar-refractivity contribution in [1.82, 2.24) is 35.2 Å². The monoisotopic (exact) mass is 767 g/mol. The number of rotatable bonds is 5. The summed E-state index contributed by atoms with van der Waals surface area (Å²) >= 11 is 1.49. The van der Waals surface area contributed by atoms with Crippen LogP contribution in [0.5, 0.6) is 0 Å². The smallest absolute Gasteiger partial charge is 0.324 e. The fraction of sp³-hybridized carbons (Fsp3) is 0.548. The van der Waals surface area contributed by atoms with Gasteiger partial charge < -0.3 is 24.3 Å². The van der Waals surface area contributed by atoms with Gasteiger partial charge in [-0.2, -0.15) is 0 Å². The van der Waals surface area contributed by atoms with Crippen molar-refractivity contribution in [3.8, 4) is 22.5 Å². The van der Waals surface area contributed by atoms with E-state index in [1.54, 1.807) is 7.11 Å². The first-order valence-corrected chi connectivity index (χ1v) is 20.8. The standard InChI is InChI=1S/C42H53N7O5S/c1-6-47-35-16-15-26-19-29(35)30(38(47)28-12-9-17-43-37(28)25(2)53-5)21-42(3,4)24-54-40(51)31-13-10-18-49(46-31)39(50)32(20-36-44-33(26)23-55-36)45-41(52)48-22-27-11-7-8-14-34(27)48/h9,12,15-17,19,23,25,27,31-32,34,46H,6-8,10-11,13-14,18,20-22,24H2,1-5H3,(H,45,52)/t25-,27+,31-,32-,34+/m0/s1. The van der Waals surface area contributed by atoms with Crippen LogP contribution in [0.15, 0.2) is 41.9 Å². The third-order valence-electron chi connectivity index (χ3n) is 12.1. The number of nitrogens with one attached hydrogen (secondary N) is 2. The minimum absolute atomic E-state index is 0.191. The van der Waals surface area contributed by atoms with E-state index in [-0.39, 0.29) is 43.1 Å². The molecule has 1 aromatic carbocycles. The van der Waals surface area contributed by atoms with Crippen molar-refractivity contribution < 1.29 is 23.9 Å². The Morgan fingerprint density at radius 2 is 2.00 bits per heavy atom. The Morgan fingerprint density at radius 3 is 2.80 bits per heavy atom. The van der Waals surface area contributed by atoms with E-state index in [9.17, 15) is 14.4 Å². The van der Waals surface area contributed by atoms with Gasteiger partial charge in [-0.25, -0.2) is 15.2 Å². The highest BCUT2D eigenvalue weighted by atomic mass is 32.1. The van der Waals surface area contributed by atoms with Gasteiger partial charge in [0.15, 0.2) is 0 Å². The quantitative estimate of drug-likeness (QED) is 0.216.